The first-order valence-corrected chi connectivity index (χ1v) is 9.37. The third kappa shape index (κ3) is 5.53. The molecule has 148 valence electrons. The molecule has 1 aliphatic rings. The van der Waals surface area contributed by atoms with Gasteiger partial charge in [-0.3, -0.25) is 10.1 Å². The van der Waals surface area contributed by atoms with Gasteiger partial charge in [0.25, 0.3) is 5.91 Å². The quantitative estimate of drug-likeness (QED) is 0.589. The second-order valence-electron chi connectivity index (χ2n) is 6.34. The normalized spacial score (nSPS) is 16.6. The molecule has 3 rings (SSSR count). The van der Waals surface area contributed by atoms with Crippen LogP contribution < -0.4 is 15.4 Å². The zero-order valence-electron chi connectivity index (χ0n) is 15.8. The second kappa shape index (κ2) is 9.85. The number of anilines is 1. The molecule has 2 aromatic carbocycles. The van der Waals surface area contributed by atoms with Crippen LogP contribution in [0.4, 0.5) is 10.1 Å². The summed E-state index contributed by atoms with van der Waals surface area (Å²) in [5, 5.41) is 5.89. The Kier molecular flexibility index (Phi) is 6.97. The van der Waals surface area contributed by atoms with Crippen LogP contribution in [0.3, 0.4) is 0 Å². The van der Waals surface area contributed by atoms with Crippen molar-refractivity contribution in [3.05, 3.63) is 59.9 Å². The van der Waals surface area contributed by atoms with Crippen molar-refractivity contribution in [2.45, 2.75) is 25.9 Å². The molecule has 1 fully saturated rings. The lowest BCUT2D eigenvalue weighted by molar-refractivity contribution is 0.0975. The number of rotatable bonds is 6. The number of carbonyl (C=O) groups is 1. The molecule has 0 aromatic heterocycles. The maximum atomic E-state index is 13.1. The second-order valence-corrected chi connectivity index (χ2v) is 6.34. The highest BCUT2D eigenvalue weighted by Crippen LogP contribution is 2.23. The van der Waals surface area contributed by atoms with E-state index in [1.165, 1.54) is 24.3 Å². The molecule has 7 heteroatoms. The van der Waals surface area contributed by atoms with Crippen LogP contribution in [0.2, 0.25) is 0 Å². The monoisotopic (exact) mass is 385 g/mol. The molecule has 1 atom stereocenters. The van der Waals surface area contributed by atoms with E-state index in [2.05, 4.69) is 15.6 Å². The Morgan fingerprint density at radius 2 is 2.04 bits per heavy atom. The van der Waals surface area contributed by atoms with E-state index in [4.69, 9.17) is 9.47 Å². The highest BCUT2D eigenvalue weighted by atomic mass is 19.1. The van der Waals surface area contributed by atoms with Crippen molar-refractivity contribution in [3.63, 3.8) is 0 Å². The van der Waals surface area contributed by atoms with Gasteiger partial charge in [-0.15, -0.1) is 0 Å². The number of aliphatic imine (C=N–C) groups is 1. The van der Waals surface area contributed by atoms with Gasteiger partial charge in [-0.2, -0.15) is 0 Å². The number of nitrogens with one attached hydrogen (secondary N) is 2. The lowest BCUT2D eigenvalue weighted by Crippen LogP contribution is -2.36. The van der Waals surface area contributed by atoms with E-state index >= 15 is 0 Å². The van der Waals surface area contributed by atoms with Crippen LogP contribution in [-0.4, -0.2) is 37.7 Å². The van der Waals surface area contributed by atoms with Crippen molar-refractivity contribution < 1.29 is 18.7 Å². The zero-order valence-corrected chi connectivity index (χ0v) is 15.8. The van der Waals surface area contributed by atoms with Crippen molar-refractivity contribution in [2.24, 2.45) is 4.99 Å². The smallest absolute Gasteiger partial charge is 0.257 e. The molecular formula is C21H24FN3O3. The van der Waals surface area contributed by atoms with E-state index in [0.717, 1.165) is 19.4 Å². The van der Waals surface area contributed by atoms with Gasteiger partial charge in [-0.25, -0.2) is 9.38 Å². The molecule has 1 aliphatic heterocycles. The first kappa shape index (κ1) is 19.8. The highest BCUT2D eigenvalue weighted by molar-refractivity contribution is 6.10. The molecule has 0 saturated carbocycles. The molecule has 28 heavy (non-hydrogen) atoms. The summed E-state index contributed by atoms with van der Waals surface area (Å²) < 4.78 is 24.3. The van der Waals surface area contributed by atoms with Crippen LogP contribution in [0.15, 0.2) is 53.5 Å². The average molecular weight is 385 g/mol. The molecule has 0 bridgehead atoms. The van der Waals surface area contributed by atoms with Crippen LogP contribution >= 0.6 is 0 Å². The summed E-state index contributed by atoms with van der Waals surface area (Å²) in [4.78, 5) is 17.1. The maximum absolute atomic E-state index is 13.1. The Hall–Kier alpha value is -2.93. The molecule has 0 aliphatic carbocycles. The number of hydrogen-bond donors (Lipinski definition) is 2. The van der Waals surface area contributed by atoms with E-state index in [0.29, 0.717) is 30.2 Å². The fourth-order valence-corrected chi connectivity index (χ4v) is 2.85. The van der Waals surface area contributed by atoms with E-state index in [1.54, 1.807) is 0 Å². The molecule has 2 N–H and O–H groups in total. The molecule has 0 radical (unpaired) electrons. The molecule has 1 saturated heterocycles. The molecule has 1 amide bonds. The van der Waals surface area contributed by atoms with Crippen molar-refractivity contribution in [2.75, 3.05) is 25.1 Å². The number of benzene rings is 2. The Bertz CT molecular complexity index is 818. The number of carbonyl (C=O) groups excluding carboxylic acids is 1. The fraction of sp³-hybridized carbons (Fsp3) is 0.333. The van der Waals surface area contributed by atoms with Crippen molar-refractivity contribution >= 4 is 17.6 Å². The predicted octanol–water partition coefficient (Wildman–Crippen LogP) is 3.60. The highest BCUT2D eigenvalue weighted by Gasteiger charge is 2.16. The Labute approximate surface area is 163 Å². The van der Waals surface area contributed by atoms with Gasteiger partial charge in [0, 0.05) is 12.2 Å². The lowest BCUT2D eigenvalue weighted by Gasteiger charge is -2.16. The number of guanidine groups is 1. The van der Waals surface area contributed by atoms with Gasteiger partial charge < -0.3 is 14.8 Å². The van der Waals surface area contributed by atoms with Crippen LogP contribution in [-0.2, 0) is 4.74 Å². The summed E-state index contributed by atoms with van der Waals surface area (Å²) in [6.45, 7) is 3.59. The van der Waals surface area contributed by atoms with Gasteiger partial charge in [-0.05, 0) is 56.2 Å². The summed E-state index contributed by atoms with van der Waals surface area (Å²) in [5.74, 6) is 0.169. The first-order valence-electron chi connectivity index (χ1n) is 9.37. The van der Waals surface area contributed by atoms with Crippen LogP contribution in [0.25, 0.3) is 0 Å². The fourth-order valence-electron chi connectivity index (χ4n) is 2.85. The number of ether oxygens (including phenoxy) is 2. The van der Waals surface area contributed by atoms with Gasteiger partial charge in [0.2, 0.25) is 5.96 Å². The van der Waals surface area contributed by atoms with Crippen molar-refractivity contribution in [1.29, 1.82) is 0 Å². The van der Waals surface area contributed by atoms with Crippen molar-refractivity contribution in [3.8, 4) is 5.75 Å². The minimum Gasteiger partial charge on any atom is -0.492 e. The van der Waals surface area contributed by atoms with Gasteiger partial charge in [0.05, 0.1) is 24.9 Å². The number of nitrogens with zero attached hydrogens (tertiary/aromatic N) is 1. The van der Waals surface area contributed by atoms with E-state index < -0.39 is 5.82 Å². The Balaban J connectivity index is 1.77. The summed E-state index contributed by atoms with van der Waals surface area (Å²) in [7, 11) is 0. The maximum Gasteiger partial charge on any atom is 0.257 e. The van der Waals surface area contributed by atoms with Crippen LogP contribution in [0.5, 0.6) is 5.75 Å². The van der Waals surface area contributed by atoms with E-state index in [1.807, 2.05) is 31.2 Å². The number of hydrogen-bond acceptors (Lipinski definition) is 4. The van der Waals surface area contributed by atoms with Crippen LogP contribution in [0, 0.1) is 5.82 Å². The molecule has 1 heterocycles. The van der Waals surface area contributed by atoms with Gasteiger partial charge >= 0.3 is 0 Å². The summed E-state index contributed by atoms with van der Waals surface area (Å²) in [6, 6.07) is 12.8. The Morgan fingerprint density at radius 1 is 1.25 bits per heavy atom. The number of para-hydroxylation sites is 2. The lowest BCUT2D eigenvalue weighted by atomic mass is 10.2. The standard InChI is InChI=1S/C21H24FN3O3/c1-2-27-19-8-4-3-7-18(19)24-21(23-14-17-6-5-13-28-17)25-20(26)15-9-11-16(22)12-10-15/h3-4,7-12,17H,2,5-6,13-14H2,1H3,(H2,23,24,25,26)/t17-/m1/s1. The summed E-state index contributed by atoms with van der Waals surface area (Å²) >= 11 is 0. The summed E-state index contributed by atoms with van der Waals surface area (Å²) in [5.41, 5.74) is 1.03. The van der Waals surface area contributed by atoms with E-state index in [-0.39, 0.29) is 18.0 Å². The average Bonchev–Trinajstić information content (AvgIpc) is 3.22. The first-order chi connectivity index (χ1) is 13.7. The van der Waals surface area contributed by atoms with Crippen molar-refractivity contribution in [1.82, 2.24) is 5.32 Å². The predicted molar refractivity (Wildman–Crippen MR) is 106 cm³/mol. The third-order valence-electron chi connectivity index (χ3n) is 4.26. The molecule has 0 spiro atoms. The molecular weight excluding hydrogens is 361 g/mol. The molecule has 2 aromatic rings. The Morgan fingerprint density at radius 3 is 2.75 bits per heavy atom. The van der Waals surface area contributed by atoms with Gasteiger partial charge in [0.1, 0.15) is 11.6 Å². The molecule has 0 unspecified atom stereocenters. The topological polar surface area (TPSA) is 71.9 Å². The SMILES string of the molecule is CCOc1ccccc1NC(=NC[C@H]1CCCO1)NC(=O)c1ccc(F)cc1. The minimum atomic E-state index is -0.396. The third-order valence-corrected chi connectivity index (χ3v) is 4.26. The van der Waals surface area contributed by atoms with Gasteiger partial charge in [0.15, 0.2) is 0 Å². The van der Waals surface area contributed by atoms with E-state index in [9.17, 15) is 9.18 Å². The number of halogens is 1. The largest absolute Gasteiger partial charge is 0.492 e. The molecule has 6 nitrogen and oxygen atoms in total. The minimum absolute atomic E-state index is 0.0432. The van der Waals surface area contributed by atoms with Gasteiger partial charge in [-0.1, -0.05) is 12.1 Å². The summed E-state index contributed by atoms with van der Waals surface area (Å²) in [6.07, 6.45) is 2.00. The zero-order chi connectivity index (χ0) is 19.8. The number of amides is 1. The van der Waals surface area contributed by atoms with Crippen LogP contribution in [0.1, 0.15) is 30.1 Å².